The lowest BCUT2D eigenvalue weighted by Gasteiger charge is -2.23. The smallest absolute Gasteiger partial charge is 0.399 e. The predicted octanol–water partition coefficient (Wildman–Crippen LogP) is 3.02. The van der Waals surface area contributed by atoms with Crippen molar-refractivity contribution < 1.29 is 17.9 Å². The molecule has 2 heterocycles. The Bertz CT molecular complexity index is 489. The molecule has 2 fully saturated rings. The van der Waals surface area contributed by atoms with E-state index in [4.69, 9.17) is 10.5 Å². The van der Waals surface area contributed by atoms with Crippen LogP contribution in [0.2, 0.25) is 0 Å². The Morgan fingerprint density at radius 1 is 1.26 bits per heavy atom. The molecule has 104 valence electrons. The third-order valence-corrected chi connectivity index (χ3v) is 3.80. The fraction of sp³-hybridized carbons (Fsp3) is 0.538. The molecular weight excluding hydrogens is 257 g/mol. The zero-order chi connectivity index (χ0) is 13.6. The largest absolute Gasteiger partial charge is 0.418 e. The fourth-order valence-corrected chi connectivity index (χ4v) is 2.91. The average molecular weight is 272 g/mol. The van der Waals surface area contributed by atoms with Gasteiger partial charge in [-0.15, -0.1) is 0 Å². The van der Waals surface area contributed by atoms with Crippen molar-refractivity contribution in [2.75, 3.05) is 11.1 Å². The maximum atomic E-state index is 13.0. The van der Waals surface area contributed by atoms with E-state index in [1.165, 1.54) is 12.1 Å². The van der Waals surface area contributed by atoms with E-state index >= 15 is 0 Å². The Morgan fingerprint density at radius 2 is 2.05 bits per heavy atom. The number of ether oxygens (including phenoxy) is 1. The summed E-state index contributed by atoms with van der Waals surface area (Å²) in [5, 5.41) is 2.97. The minimum absolute atomic E-state index is 0.0311. The lowest BCUT2D eigenvalue weighted by atomic mass is 9.95. The molecule has 2 aliphatic heterocycles. The summed E-state index contributed by atoms with van der Waals surface area (Å²) in [4.78, 5) is 0. The van der Waals surface area contributed by atoms with Crippen LogP contribution in [0.4, 0.5) is 24.5 Å². The van der Waals surface area contributed by atoms with Crippen molar-refractivity contribution in [3.8, 4) is 0 Å². The maximum Gasteiger partial charge on any atom is 0.418 e. The predicted molar refractivity (Wildman–Crippen MR) is 65.8 cm³/mol. The van der Waals surface area contributed by atoms with Gasteiger partial charge in [0.2, 0.25) is 0 Å². The van der Waals surface area contributed by atoms with Crippen molar-refractivity contribution in [1.29, 1.82) is 0 Å². The number of fused-ring (bicyclic) bond motifs is 2. The van der Waals surface area contributed by atoms with Crippen molar-refractivity contribution >= 4 is 11.4 Å². The van der Waals surface area contributed by atoms with Gasteiger partial charge in [-0.2, -0.15) is 13.2 Å². The first kappa shape index (κ1) is 12.6. The molecule has 2 bridgehead atoms. The van der Waals surface area contributed by atoms with Gasteiger partial charge in [0.25, 0.3) is 0 Å². The van der Waals surface area contributed by atoms with Gasteiger partial charge in [0.05, 0.1) is 23.8 Å². The van der Waals surface area contributed by atoms with Crippen LogP contribution in [0, 0.1) is 0 Å². The minimum atomic E-state index is -4.41. The van der Waals surface area contributed by atoms with Gasteiger partial charge < -0.3 is 15.8 Å². The molecule has 6 heteroatoms. The summed E-state index contributed by atoms with van der Waals surface area (Å²) in [5.74, 6) is 0. The summed E-state index contributed by atoms with van der Waals surface area (Å²) < 4.78 is 44.5. The Labute approximate surface area is 108 Å². The van der Waals surface area contributed by atoms with Crippen LogP contribution < -0.4 is 11.1 Å². The van der Waals surface area contributed by atoms with E-state index in [0.29, 0.717) is 0 Å². The van der Waals surface area contributed by atoms with Crippen LogP contribution in [-0.4, -0.2) is 18.2 Å². The highest BCUT2D eigenvalue weighted by Gasteiger charge is 2.42. The molecule has 0 aliphatic carbocycles. The number of anilines is 2. The third-order valence-electron chi connectivity index (χ3n) is 3.80. The Kier molecular flexibility index (Phi) is 2.85. The number of halogens is 3. The number of benzene rings is 1. The number of rotatable bonds is 2. The van der Waals surface area contributed by atoms with Gasteiger partial charge in [-0.25, -0.2) is 0 Å². The van der Waals surface area contributed by atoms with Crippen LogP contribution in [0.1, 0.15) is 24.8 Å². The van der Waals surface area contributed by atoms with Crippen LogP contribution in [0.15, 0.2) is 18.2 Å². The van der Waals surface area contributed by atoms with Crippen molar-refractivity contribution in [3.05, 3.63) is 23.8 Å². The van der Waals surface area contributed by atoms with Crippen molar-refractivity contribution in [2.24, 2.45) is 0 Å². The van der Waals surface area contributed by atoms with Gasteiger partial charge >= 0.3 is 6.18 Å². The summed E-state index contributed by atoms with van der Waals surface area (Å²) in [6.07, 6.45) is -1.48. The van der Waals surface area contributed by atoms with Gasteiger partial charge in [0, 0.05) is 11.4 Å². The van der Waals surface area contributed by atoms with Gasteiger partial charge in [-0.1, -0.05) is 0 Å². The summed E-state index contributed by atoms with van der Waals surface area (Å²) in [6, 6.07) is 3.80. The molecule has 2 saturated heterocycles. The number of nitrogens with two attached hydrogens (primary N) is 1. The normalized spacial score (nSPS) is 29.7. The van der Waals surface area contributed by atoms with Crippen molar-refractivity contribution in [2.45, 2.75) is 43.7 Å². The molecule has 3 nitrogen and oxygen atoms in total. The lowest BCUT2D eigenvalue weighted by Crippen LogP contribution is -2.31. The number of nitrogen functional groups attached to an aromatic ring is 1. The van der Waals surface area contributed by atoms with Gasteiger partial charge in [0.1, 0.15) is 0 Å². The molecule has 0 saturated carbocycles. The van der Waals surface area contributed by atoms with Crippen LogP contribution in [0.25, 0.3) is 0 Å². The minimum Gasteiger partial charge on any atom is -0.399 e. The Hall–Kier alpha value is -1.43. The summed E-state index contributed by atoms with van der Waals surface area (Å²) in [6.45, 7) is 0. The summed E-state index contributed by atoms with van der Waals surface area (Å²) in [7, 11) is 0. The Morgan fingerprint density at radius 3 is 2.63 bits per heavy atom. The van der Waals surface area contributed by atoms with E-state index in [1.54, 1.807) is 0 Å². The molecule has 19 heavy (non-hydrogen) atoms. The average Bonchev–Trinajstić information content (AvgIpc) is 2.92. The van der Waals surface area contributed by atoms with E-state index in [1.807, 2.05) is 0 Å². The molecule has 0 spiro atoms. The molecule has 0 radical (unpaired) electrons. The highest BCUT2D eigenvalue weighted by molar-refractivity contribution is 5.60. The topological polar surface area (TPSA) is 47.3 Å². The van der Waals surface area contributed by atoms with Gasteiger partial charge in [-0.3, -0.25) is 0 Å². The van der Waals surface area contributed by atoms with E-state index in [2.05, 4.69) is 5.32 Å². The number of hydrogen-bond donors (Lipinski definition) is 2. The van der Waals surface area contributed by atoms with Gasteiger partial charge in [-0.05, 0) is 37.5 Å². The SMILES string of the molecule is Nc1ccc(NC2CC3CCC2O3)c(C(F)(F)F)c1. The molecule has 1 aromatic carbocycles. The molecule has 0 aromatic heterocycles. The molecule has 3 atom stereocenters. The fourth-order valence-electron chi connectivity index (χ4n) is 2.91. The molecule has 1 aromatic rings. The van der Waals surface area contributed by atoms with Crippen LogP contribution in [-0.2, 0) is 10.9 Å². The third kappa shape index (κ3) is 2.36. The Balaban J connectivity index is 1.84. The molecule has 2 aliphatic rings. The first-order chi connectivity index (χ1) is 8.93. The zero-order valence-corrected chi connectivity index (χ0v) is 10.2. The molecular formula is C13H15F3N2O. The van der Waals surface area contributed by atoms with E-state index in [0.717, 1.165) is 25.3 Å². The van der Waals surface area contributed by atoms with Gasteiger partial charge in [0.15, 0.2) is 0 Å². The van der Waals surface area contributed by atoms with Crippen molar-refractivity contribution in [3.63, 3.8) is 0 Å². The monoisotopic (exact) mass is 272 g/mol. The highest BCUT2D eigenvalue weighted by Crippen LogP contribution is 2.40. The highest BCUT2D eigenvalue weighted by atomic mass is 19.4. The summed E-state index contributed by atoms with van der Waals surface area (Å²) >= 11 is 0. The van der Waals surface area contributed by atoms with E-state index in [9.17, 15) is 13.2 Å². The van der Waals surface area contributed by atoms with E-state index in [-0.39, 0.29) is 29.6 Å². The molecule has 0 amide bonds. The zero-order valence-electron chi connectivity index (χ0n) is 10.2. The number of hydrogen-bond acceptors (Lipinski definition) is 3. The van der Waals surface area contributed by atoms with Crippen LogP contribution in [0.3, 0.4) is 0 Å². The maximum absolute atomic E-state index is 13.0. The molecule has 3 rings (SSSR count). The standard InChI is InChI=1S/C13H15F3N2O/c14-13(15,16)9-5-7(17)1-3-10(9)18-11-6-8-2-4-12(11)19-8/h1,3,5,8,11-12,18H,2,4,6,17H2. The quantitative estimate of drug-likeness (QED) is 0.813. The first-order valence-corrected chi connectivity index (χ1v) is 6.32. The second kappa shape index (κ2) is 4.30. The van der Waals surface area contributed by atoms with Crippen LogP contribution in [0.5, 0.6) is 0 Å². The first-order valence-electron chi connectivity index (χ1n) is 6.32. The number of nitrogens with one attached hydrogen (secondary N) is 1. The lowest BCUT2D eigenvalue weighted by molar-refractivity contribution is -0.136. The second-order valence-electron chi connectivity index (χ2n) is 5.16. The second-order valence-corrected chi connectivity index (χ2v) is 5.16. The molecule has 3 unspecified atom stereocenters. The van der Waals surface area contributed by atoms with E-state index < -0.39 is 11.7 Å². The summed E-state index contributed by atoms with van der Waals surface area (Å²) in [5.41, 5.74) is 4.93. The van der Waals surface area contributed by atoms with Crippen molar-refractivity contribution in [1.82, 2.24) is 0 Å². The van der Waals surface area contributed by atoms with Crippen LogP contribution >= 0.6 is 0 Å². The molecule has 3 N–H and O–H groups in total. The number of alkyl halides is 3.